The fraction of sp³-hybridized carbons (Fsp3) is 0.923. The Hall–Kier alpha value is -0.530. The first-order valence-electron chi connectivity index (χ1n) is 6.01. The molecule has 0 atom stereocenters. The molecule has 0 aromatic carbocycles. The highest BCUT2D eigenvalue weighted by molar-refractivity contribution is 5.79. The van der Waals surface area contributed by atoms with E-state index in [0.29, 0.717) is 5.41 Å². The summed E-state index contributed by atoms with van der Waals surface area (Å²) in [4.78, 5) is 11.1. The van der Waals surface area contributed by atoms with Crippen molar-refractivity contribution in [3.63, 3.8) is 0 Å². The normalized spacial score (nSPS) is 12.9. The lowest BCUT2D eigenvalue weighted by molar-refractivity contribution is -0.126. The Bertz CT molecular complexity index is 207. The Kier molecular flexibility index (Phi) is 5.33. The van der Waals surface area contributed by atoms with Gasteiger partial charge in [0.1, 0.15) is 0 Å². The zero-order chi connectivity index (χ0) is 12.1. The van der Waals surface area contributed by atoms with E-state index in [9.17, 15) is 4.79 Å². The van der Waals surface area contributed by atoms with Crippen molar-refractivity contribution in [3.05, 3.63) is 0 Å². The van der Waals surface area contributed by atoms with Crippen LogP contribution in [0.1, 0.15) is 66.7 Å². The van der Waals surface area contributed by atoms with E-state index in [1.165, 1.54) is 19.3 Å². The van der Waals surface area contributed by atoms with E-state index in [1.54, 1.807) is 0 Å². The van der Waals surface area contributed by atoms with Gasteiger partial charge in [-0.05, 0) is 24.7 Å². The Balaban J connectivity index is 3.93. The molecule has 0 aliphatic rings. The fourth-order valence-electron chi connectivity index (χ4n) is 1.93. The molecule has 0 bridgehead atoms. The Labute approximate surface area is 94.6 Å². The molecule has 0 saturated heterocycles. The second-order valence-corrected chi connectivity index (χ2v) is 6.02. The molecule has 2 heteroatoms. The fourth-order valence-corrected chi connectivity index (χ4v) is 1.93. The number of rotatable bonds is 7. The van der Waals surface area contributed by atoms with Crippen molar-refractivity contribution in [3.8, 4) is 0 Å². The average molecular weight is 213 g/mol. The molecule has 0 fully saturated rings. The van der Waals surface area contributed by atoms with Gasteiger partial charge in [0.15, 0.2) is 0 Å². The third kappa shape index (κ3) is 5.81. The largest absolute Gasteiger partial charge is 0.369 e. The average Bonchev–Trinajstić information content (AvgIpc) is 2.02. The first-order valence-corrected chi connectivity index (χ1v) is 6.01. The van der Waals surface area contributed by atoms with Crippen LogP contribution in [0.25, 0.3) is 0 Å². The van der Waals surface area contributed by atoms with Crippen LogP contribution in [0.2, 0.25) is 0 Å². The van der Waals surface area contributed by atoms with E-state index < -0.39 is 0 Å². The lowest BCUT2D eigenvalue weighted by Gasteiger charge is -2.26. The molecular weight excluding hydrogens is 186 g/mol. The van der Waals surface area contributed by atoms with E-state index in [0.717, 1.165) is 12.8 Å². The van der Waals surface area contributed by atoms with Crippen LogP contribution in [0.15, 0.2) is 0 Å². The molecule has 0 radical (unpaired) electrons. The number of hydrogen-bond acceptors (Lipinski definition) is 1. The zero-order valence-electron chi connectivity index (χ0n) is 11.0. The van der Waals surface area contributed by atoms with Gasteiger partial charge in [-0.25, -0.2) is 0 Å². The molecule has 0 aromatic heterocycles. The quantitative estimate of drug-likeness (QED) is 0.691. The van der Waals surface area contributed by atoms with Crippen molar-refractivity contribution in [2.24, 2.45) is 16.6 Å². The van der Waals surface area contributed by atoms with Crippen molar-refractivity contribution in [1.82, 2.24) is 0 Å². The van der Waals surface area contributed by atoms with Crippen molar-refractivity contribution >= 4 is 5.91 Å². The monoisotopic (exact) mass is 213 g/mol. The molecule has 0 saturated carbocycles. The third-order valence-corrected chi connectivity index (χ3v) is 3.25. The van der Waals surface area contributed by atoms with Gasteiger partial charge in [-0.1, -0.05) is 47.5 Å². The van der Waals surface area contributed by atoms with Crippen LogP contribution in [0.3, 0.4) is 0 Å². The molecule has 0 unspecified atom stereocenters. The Morgan fingerprint density at radius 2 is 1.60 bits per heavy atom. The smallest absolute Gasteiger partial charge is 0.223 e. The van der Waals surface area contributed by atoms with Gasteiger partial charge in [-0.3, -0.25) is 4.79 Å². The summed E-state index contributed by atoms with van der Waals surface area (Å²) in [5.74, 6) is -0.184. The van der Waals surface area contributed by atoms with Crippen LogP contribution in [0.4, 0.5) is 0 Å². The Morgan fingerprint density at radius 1 is 1.07 bits per heavy atom. The van der Waals surface area contributed by atoms with Crippen LogP contribution >= 0.6 is 0 Å². The highest BCUT2D eigenvalue weighted by Gasteiger charge is 2.25. The van der Waals surface area contributed by atoms with Crippen molar-refractivity contribution in [2.45, 2.75) is 66.7 Å². The van der Waals surface area contributed by atoms with Gasteiger partial charge in [-0.2, -0.15) is 0 Å². The van der Waals surface area contributed by atoms with Crippen LogP contribution in [-0.2, 0) is 4.79 Å². The lowest BCUT2D eigenvalue weighted by atomic mass is 9.79. The number of amides is 1. The van der Waals surface area contributed by atoms with E-state index in [2.05, 4.69) is 20.8 Å². The minimum atomic E-state index is -0.345. The molecule has 0 aliphatic heterocycles. The molecule has 0 rings (SSSR count). The van der Waals surface area contributed by atoms with Gasteiger partial charge >= 0.3 is 0 Å². The predicted octanol–water partition coefficient (Wildman–Crippen LogP) is 3.49. The number of primary amides is 1. The standard InChI is InChI=1S/C13H27NO/c1-6-8-12(2,3)9-7-10-13(4,5)11(14)15/h6-10H2,1-5H3,(H2,14,15). The molecule has 2 N–H and O–H groups in total. The second kappa shape index (κ2) is 5.53. The van der Waals surface area contributed by atoms with Crippen molar-refractivity contribution in [2.75, 3.05) is 0 Å². The zero-order valence-corrected chi connectivity index (χ0v) is 11.0. The summed E-state index contributed by atoms with van der Waals surface area (Å²) in [5, 5.41) is 0. The molecule has 0 aliphatic carbocycles. The first-order chi connectivity index (χ1) is 6.71. The summed E-state index contributed by atoms with van der Waals surface area (Å²) in [7, 11) is 0. The SMILES string of the molecule is CCCC(C)(C)CCCC(C)(C)C(N)=O. The number of hydrogen-bond donors (Lipinski definition) is 1. The minimum absolute atomic E-state index is 0.184. The van der Waals surface area contributed by atoms with Crippen LogP contribution < -0.4 is 5.73 Å². The lowest BCUT2D eigenvalue weighted by Crippen LogP contribution is -2.31. The molecule has 1 amide bonds. The van der Waals surface area contributed by atoms with Crippen LogP contribution in [-0.4, -0.2) is 5.91 Å². The summed E-state index contributed by atoms with van der Waals surface area (Å²) in [5.41, 5.74) is 5.40. The molecule has 2 nitrogen and oxygen atoms in total. The van der Waals surface area contributed by atoms with E-state index in [1.807, 2.05) is 13.8 Å². The maximum absolute atomic E-state index is 11.1. The first kappa shape index (κ1) is 14.5. The highest BCUT2D eigenvalue weighted by Crippen LogP contribution is 2.32. The van der Waals surface area contributed by atoms with Crippen molar-refractivity contribution < 1.29 is 4.79 Å². The van der Waals surface area contributed by atoms with Gasteiger partial charge in [-0.15, -0.1) is 0 Å². The van der Waals surface area contributed by atoms with Gasteiger partial charge in [0, 0.05) is 5.41 Å². The molecule has 15 heavy (non-hydrogen) atoms. The van der Waals surface area contributed by atoms with Crippen LogP contribution in [0.5, 0.6) is 0 Å². The molecule has 0 heterocycles. The van der Waals surface area contributed by atoms with Gasteiger partial charge in [0.05, 0.1) is 0 Å². The van der Waals surface area contributed by atoms with Crippen LogP contribution in [0, 0.1) is 10.8 Å². The maximum Gasteiger partial charge on any atom is 0.223 e. The molecular formula is C13H27NO. The molecule has 0 spiro atoms. The summed E-state index contributed by atoms with van der Waals surface area (Å²) in [6.45, 7) is 10.7. The molecule has 90 valence electrons. The third-order valence-electron chi connectivity index (χ3n) is 3.25. The number of carbonyl (C=O) groups excluding carboxylic acids is 1. The van der Waals surface area contributed by atoms with E-state index in [4.69, 9.17) is 5.73 Å². The summed E-state index contributed by atoms with van der Waals surface area (Å²) >= 11 is 0. The highest BCUT2D eigenvalue weighted by atomic mass is 16.1. The number of carbonyl (C=O) groups is 1. The minimum Gasteiger partial charge on any atom is -0.369 e. The van der Waals surface area contributed by atoms with Gasteiger partial charge < -0.3 is 5.73 Å². The topological polar surface area (TPSA) is 43.1 Å². The van der Waals surface area contributed by atoms with Gasteiger partial charge in [0.2, 0.25) is 5.91 Å². The van der Waals surface area contributed by atoms with E-state index in [-0.39, 0.29) is 11.3 Å². The summed E-state index contributed by atoms with van der Waals surface area (Å²) in [6, 6.07) is 0. The van der Waals surface area contributed by atoms with Gasteiger partial charge in [0.25, 0.3) is 0 Å². The second-order valence-electron chi connectivity index (χ2n) is 6.02. The maximum atomic E-state index is 11.1. The number of nitrogens with two attached hydrogens (primary N) is 1. The summed E-state index contributed by atoms with van der Waals surface area (Å²) < 4.78 is 0. The molecule has 0 aromatic rings. The Morgan fingerprint density at radius 3 is 2.00 bits per heavy atom. The van der Waals surface area contributed by atoms with E-state index >= 15 is 0 Å². The van der Waals surface area contributed by atoms with Crippen molar-refractivity contribution in [1.29, 1.82) is 0 Å². The summed E-state index contributed by atoms with van der Waals surface area (Å²) in [6.07, 6.45) is 5.65. The predicted molar refractivity (Wildman–Crippen MR) is 65.5 cm³/mol.